The summed E-state index contributed by atoms with van der Waals surface area (Å²) in [6, 6.07) is 0.435. The summed E-state index contributed by atoms with van der Waals surface area (Å²) in [7, 11) is 0. The van der Waals surface area contributed by atoms with Crippen molar-refractivity contribution >= 4 is 5.96 Å². The van der Waals surface area contributed by atoms with Gasteiger partial charge in [-0.05, 0) is 48.0 Å². The highest BCUT2D eigenvalue weighted by Gasteiger charge is 2.33. The molecule has 130 valence electrons. The summed E-state index contributed by atoms with van der Waals surface area (Å²) in [6.07, 6.45) is 1.67. The zero-order valence-corrected chi connectivity index (χ0v) is 15.6. The van der Waals surface area contributed by atoms with Crippen LogP contribution in [0.4, 0.5) is 0 Å². The monoisotopic (exact) mass is 312 g/mol. The summed E-state index contributed by atoms with van der Waals surface area (Å²) < 4.78 is 5.84. The van der Waals surface area contributed by atoms with Crippen LogP contribution in [0.15, 0.2) is 4.99 Å². The summed E-state index contributed by atoms with van der Waals surface area (Å²) in [6.45, 7) is 18.9. The number of rotatable bonds is 6. The van der Waals surface area contributed by atoms with E-state index in [9.17, 15) is 0 Å². The van der Waals surface area contributed by atoms with Crippen LogP contribution in [0.5, 0.6) is 0 Å². The molecule has 5 heteroatoms. The molecule has 22 heavy (non-hydrogen) atoms. The van der Waals surface area contributed by atoms with Crippen LogP contribution in [0, 0.1) is 0 Å². The molecule has 0 bridgehead atoms. The van der Waals surface area contributed by atoms with Gasteiger partial charge in [0.05, 0.1) is 18.8 Å². The Balaban J connectivity index is 2.69. The summed E-state index contributed by atoms with van der Waals surface area (Å²) in [5.74, 6) is 0.916. The Kier molecular flexibility index (Phi) is 7.63. The first-order valence-corrected chi connectivity index (χ1v) is 8.73. The van der Waals surface area contributed by atoms with Gasteiger partial charge in [0.25, 0.3) is 0 Å². The lowest BCUT2D eigenvalue weighted by atomic mass is 10.0. The van der Waals surface area contributed by atoms with Crippen LogP contribution in [-0.2, 0) is 4.74 Å². The van der Waals surface area contributed by atoms with E-state index in [0.717, 1.165) is 38.6 Å². The van der Waals surface area contributed by atoms with Crippen LogP contribution in [0.2, 0.25) is 0 Å². The van der Waals surface area contributed by atoms with Crippen LogP contribution in [0.3, 0.4) is 0 Å². The van der Waals surface area contributed by atoms with Gasteiger partial charge in [-0.3, -0.25) is 9.89 Å². The number of nitrogens with zero attached hydrogens (tertiary/aromatic N) is 2. The lowest BCUT2D eigenvalue weighted by Crippen LogP contribution is -2.56. The number of aliphatic imine (C=N–C) groups is 1. The Bertz CT molecular complexity index is 347. The van der Waals surface area contributed by atoms with E-state index in [4.69, 9.17) is 9.73 Å². The molecule has 1 aliphatic rings. The Morgan fingerprint density at radius 3 is 2.36 bits per heavy atom. The van der Waals surface area contributed by atoms with Gasteiger partial charge in [0, 0.05) is 31.2 Å². The molecule has 3 atom stereocenters. The molecule has 0 aromatic carbocycles. The molecule has 0 aliphatic carbocycles. The minimum Gasteiger partial charge on any atom is -0.373 e. The summed E-state index contributed by atoms with van der Waals surface area (Å²) in [4.78, 5) is 7.31. The summed E-state index contributed by atoms with van der Waals surface area (Å²) >= 11 is 0. The number of guanidine groups is 1. The third-order valence-electron chi connectivity index (χ3n) is 4.24. The van der Waals surface area contributed by atoms with E-state index < -0.39 is 0 Å². The Hall–Kier alpha value is -0.810. The van der Waals surface area contributed by atoms with E-state index in [1.54, 1.807) is 0 Å². The second-order valence-corrected chi connectivity index (χ2v) is 7.12. The van der Waals surface area contributed by atoms with Crippen molar-refractivity contribution in [2.24, 2.45) is 4.99 Å². The van der Waals surface area contributed by atoms with Crippen molar-refractivity contribution in [2.45, 2.75) is 78.7 Å². The van der Waals surface area contributed by atoms with Crippen molar-refractivity contribution in [1.29, 1.82) is 0 Å². The standard InChI is InChI=1S/C17H36N4O/c1-8-13(3)20-16(18-9-2)19-12-17(6,7)21-10-14(4)22-15(5)11-21/h13-15H,8-12H2,1-7H3,(H2,18,19,20). The summed E-state index contributed by atoms with van der Waals surface area (Å²) in [5, 5.41) is 6.79. The molecule has 2 N–H and O–H groups in total. The Morgan fingerprint density at radius 2 is 1.86 bits per heavy atom. The van der Waals surface area contributed by atoms with Crippen molar-refractivity contribution < 1.29 is 4.74 Å². The molecular formula is C17H36N4O. The zero-order chi connectivity index (χ0) is 16.8. The number of morpholine rings is 1. The van der Waals surface area contributed by atoms with Gasteiger partial charge < -0.3 is 15.4 Å². The Labute approximate surface area is 136 Å². The molecule has 1 rings (SSSR count). The van der Waals surface area contributed by atoms with Gasteiger partial charge in [0.1, 0.15) is 0 Å². The molecule has 0 saturated carbocycles. The third-order valence-corrected chi connectivity index (χ3v) is 4.24. The molecular weight excluding hydrogens is 276 g/mol. The van der Waals surface area contributed by atoms with Crippen molar-refractivity contribution in [1.82, 2.24) is 15.5 Å². The molecule has 0 aromatic rings. The molecule has 0 radical (unpaired) electrons. The highest BCUT2D eigenvalue weighted by Crippen LogP contribution is 2.21. The van der Waals surface area contributed by atoms with Gasteiger partial charge in [0.2, 0.25) is 0 Å². The molecule has 0 spiro atoms. The van der Waals surface area contributed by atoms with Gasteiger partial charge in [-0.2, -0.15) is 0 Å². The van der Waals surface area contributed by atoms with Crippen molar-refractivity contribution in [3.05, 3.63) is 0 Å². The maximum Gasteiger partial charge on any atom is 0.191 e. The number of ether oxygens (including phenoxy) is 1. The molecule has 0 amide bonds. The number of nitrogens with one attached hydrogen (secondary N) is 2. The van der Waals surface area contributed by atoms with E-state index >= 15 is 0 Å². The fourth-order valence-electron chi connectivity index (χ4n) is 2.70. The average molecular weight is 313 g/mol. The Morgan fingerprint density at radius 1 is 1.27 bits per heavy atom. The minimum atomic E-state index is 0.0318. The van der Waals surface area contributed by atoms with E-state index in [2.05, 4.69) is 64.0 Å². The predicted molar refractivity (Wildman–Crippen MR) is 94.5 cm³/mol. The highest BCUT2D eigenvalue weighted by molar-refractivity contribution is 5.80. The summed E-state index contributed by atoms with van der Waals surface area (Å²) in [5.41, 5.74) is 0.0318. The van der Waals surface area contributed by atoms with Crippen LogP contribution in [-0.4, -0.2) is 60.8 Å². The second kappa shape index (κ2) is 8.73. The first-order chi connectivity index (χ1) is 10.3. The van der Waals surface area contributed by atoms with E-state index in [-0.39, 0.29) is 5.54 Å². The molecule has 5 nitrogen and oxygen atoms in total. The lowest BCUT2D eigenvalue weighted by molar-refractivity contribution is -0.0939. The van der Waals surface area contributed by atoms with Crippen molar-refractivity contribution in [3.8, 4) is 0 Å². The number of hydrogen-bond donors (Lipinski definition) is 2. The van der Waals surface area contributed by atoms with Crippen LogP contribution < -0.4 is 10.6 Å². The van der Waals surface area contributed by atoms with Gasteiger partial charge >= 0.3 is 0 Å². The zero-order valence-electron chi connectivity index (χ0n) is 15.6. The topological polar surface area (TPSA) is 48.9 Å². The second-order valence-electron chi connectivity index (χ2n) is 7.12. The van der Waals surface area contributed by atoms with Gasteiger partial charge in [-0.15, -0.1) is 0 Å². The van der Waals surface area contributed by atoms with E-state index in [0.29, 0.717) is 18.2 Å². The number of hydrogen-bond acceptors (Lipinski definition) is 3. The maximum absolute atomic E-state index is 5.84. The predicted octanol–water partition coefficient (Wildman–Crippen LogP) is 2.23. The SMILES string of the molecule is CCNC(=NCC(C)(C)N1CC(C)OC(C)C1)NC(C)CC. The van der Waals surface area contributed by atoms with Crippen molar-refractivity contribution in [2.75, 3.05) is 26.2 Å². The molecule has 1 aliphatic heterocycles. The van der Waals surface area contributed by atoms with E-state index in [1.807, 2.05) is 0 Å². The van der Waals surface area contributed by atoms with Crippen LogP contribution in [0.1, 0.15) is 54.9 Å². The van der Waals surface area contributed by atoms with E-state index in [1.165, 1.54) is 0 Å². The largest absolute Gasteiger partial charge is 0.373 e. The first kappa shape index (κ1) is 19.2. The molecule has 3 unspecified atom stereocenters. The highest BCUT2D eigenvalue weighted by atomic mass is 16.5. The van der Waals surface area contributed by atoms with Gasteiger partial charge in [-0.25, -0.2) is 0 Å². The van der Waals surface area contributed by atoms with Gasteiger partial charge in [-0.1, -0.05) is 6.92 Å². The fourth-order valence-corrected chi connectivity index (χ4v) is 2.70. The quantitative estimate of drug-likeness (QED) is 0.583. The van der Waals surface area contributed by atoms with Crippen LogP contribution in [0.25, 0.3) is 0 Å². The minimum absolute atomic E-state index is 0.0318. The molecule has 1 heterocycles. The van der Waals surface area contributed by atoms with Crippen molar-refractivity contribution in [3.63, 3.8) is 0 Å². The molecule has 1 fully saturated rings. The van der Waals surface area contributed by atoms with Gasteiger partial charge in [0.15, 0.2) is 5.96 Å². The molecule has 1 saturated heterocycles. The first-order valence-electron chi connectivity index (χ1n) is 8.73. The normalized spacial score (nSPS) is 25.9. The maximum atomic E-state index is 5.84. The lowest BCUT2D eigenvalue weighted by Gasteiger charge is -2.44. The average Bonchev–Trinajstić information content (AvgIpc) is 2.44. The fraction of sp³-hybridized carbons (Fsp3) is 0.941. The smallest absolute Gasteiger partial charge is 0.191 e. The third kappa shape index (κ3) is 6.13. The molecule has 0 aromatic heterocycles. The van der Waals surface area contributed by atoms with Crippen LogP contribution >= 0.6 is 0 Å².